The van der Waals surface area contributed by atoms with Crippen LogP contribution in [0.15, 0.2) is 48.5 Å². The number of hydrogen-bond acceptors (Lipinski definition) is 3. The average Bonchev–Trinajstić information content (AvgIpc) is 3.00. The predicted octanol–water partition coefficient (Wildman–Crippen LogP) is 5.05. The summed E-state index contributed by atoms with van der Waals surface area (Å²) >= 11 is 0. The molecule has 0 saturated carbocycles. The van der Waals surface area contributed by atoms with E-state index in [1.807, 2.05) is 45.9 Å². The Kier molecular flexibility index (Phi) is 4.62. The highest BCUT2D eigenvalue weighted by Gasteiger charge is 2.20. The standard InChI is InChI=1S/C23H21FN4O/c1-13-8-9-18(10-14(13)2)26-23(29)20-11-15(3)25-22-21(20)16(4)27-28(22)19-7-5-6-17(24)12-19/h5-12H,1-4H3,(H,26,29). The number of nitrogens with zero attached hydrogens (tertiary/aromatic N) is 3. The monoisotopic (exact) mass is 388 g/mol. The number of rotatable bonds is 3. The molecule has 0 saturated heterocycles. The molecule has 6 heteroatoms. The number of halogens is 1. The second-order valence-electron chi connectivity index (χ2n) is 7.24. The van der Waals surface area contributed by atoms with Gasteiger partial charge in [-0.25, -0.2) is 14.1 Å². The third-order valence-electron chi connectivity index (χ3n) is 5.00. The fourth-order valence-electron chi connectivity index (χ4n) is 3.40. The van der Waals surface area contributed by atoms with Crippen LogP contribution in [0.1, 0.15) is 32.9 Å². The van der Waals surface area contributed by atoms with Crippen molar-refractivity contribution in [2.75, 3.05) is 5.32 Å². The number of fused-ring (bicyclic) bond motifs is 1. The number of pyridine rings is 1. The third-order valence-corrected chi connectivity index (χ3v) is 5.00. The van der Waals surface area contributed by atoms with Crippen LogP contribution in [-0.2, 0) is 0 Å². The Balaban J connectivity index is 1.82. The largest absolute Gasteiger partial charge is 0.322 e. The number of nitrogens with one attached hydrogen (secondary N) is 1. The first-order chi connectivity index (χ1) is 13.8. The molecule has 4 aromatic rings. The lowest BCUT2D eigenvalue weighted by molar-refractivity contribution is 0.102. The summed E-state index contributed by atoms with van der Waals surface area (Å²) < 4.78 is 15.3. The van der Waals surface area contributed by atoms with Gasteiger partial charge in [0, 0.05) is 11.4 Å². The van der Waals surface area contributed by atoms with Crippen molar-refractivity contribution in [2.24, 2.45) is 0 Å². The first kappa shape index (κ1) is 18.8. The van der Waals surface area contributed by atoms with Gasteiger partial charge in [0.2, 0.25) is 0 Å². The fraction of sp³-hybridized carbons (Fsp3) is 0.174. The Morgan fingerprint density at radius 2 is 1.79 bits per heavy atom. The number of carbonyl (C=O) groups excluding carboxylic acids is 1. The molecule has 4 rings (SSSR count). The molecule has 146 valence electrons. The van der Waals surface area contributed by atoms with Gasteiger partial charge in [-0.2, -0.15) is 5.10 Å². The summed E-state index contributed by atoms with van der Waals surface area (Å²) in [6.45, 7) is 7.68. The van der Waals surface area contributed by atoms with Crippen molar-refractivity contribution in [3.8, 4) is 5.69 Å². The van der Waals surface area contributed by atoms with Gasteiger partial charge in [0.1, 0.15) is 5.82 Å². The molecule has 29 heavy (non-hydrogen) atoms. The molecule has 0 atom stereocenters. The predicted molar refractivity (Wildman–Crippen MR) is 112 cm³/mol. The maximum absolute atomic E-state index is 13.7. The van der Waals surface area contributed by atoms with Crippen LogP contribution in [0.3, 0.4) is 0 Å². The van der Waals surface area contributed by atoms with E-state index < -0.39 is 0 Å². The lowest BCUT2D eigenvalue weighted by Gasteiger charge is -2.10. The number of aryl methyl sites for hydroxylation is 4. The average molecular weight is 388 g/mol. The second-order valence-corrected chi connectivity index (χ2v) is 7.24. The van der Waals surface area contributed by atoms with Crippen LogP contribution < -0.4 is 5.32 Å². The van der Waals surface area contributed by atoms with E-state index in [0.29, 0.717) is 33.7 Å². The first-order valence-electron chi connectivity index (χ1n) is 9.35. The van der Waals surface area contributed by atoms with Gasteiger partial charge in [-0.05, 0) is 75.2 Å². The highest BCUT2D eigenvalue weighted by Crippen LogP contribution is 2.26. The SMILES string of the molecule is Cc1cc(C(=O)Nc2ccc(C)c(C)c2)c2c(C)nn(-c3cccc(F)c3)c2n1. The molecule has 0 unspecified atom stereocenters. The molecule has 0 radical (unpaired) electrons. The molecular formula is C23H21FN4O. The first-order valence-corrected chi connectivity index (χ1v) is 9.35. The van der Waals surface area contributed by atoms with Crippen molar-refractivity contribution >= 4 is 22.6 Å². The van der Waals surface area contributed by atoms with Crippen LogP contribution in [0.2, 0.25) is 0 Å². The second kappa shape index (κ2) is 7.13. The smallest absolute Gasteiger partial charge is 0.256 e. The molecule has 1 amide bonds. The zero-order valence-corrected chi connectivity index (χ0v) is 16.7. The molecule has 2 aromatic carbocycles. The van der Waals surface area contributed by atoms with E-state index in [0.717, 1.165) is 16.8 Å². The molecule has 0 bridgehead atoms. The van der Waals surface area contributed by atoms with E-state index in [1.54, 1.807) is 22.9 Å². The summed E-state index contributed by atoms with van der Waals surface area (Å²) in [5.74, 6) is -0.588. The van der Waals surface area contributed by atoms with Crippen LogP contribution in [0.25, 0.3) is 16.7 Å². The molecule has 5 nitrogen and oxygen atoms in total. The number of hydrogen-bond donors (Lipinski definition) is 1. The van der Waals surface area contributed by atoms with Crippen LogP contribution in [0.5, 0.6) is 0 Å². The molecule has 0 aliphatic carbocycles. The van der Waals surface area contributed by atoms with Gasteiger partial charge in [-0.15, -0.1) is 0 Å². The van der Waals surface area contributed by atoms with Gasteiger partial charge in [-0.3, -0.25) is 4.79 Å². The van der Waals surface area contributed by atoms with Gasteiger partial charge >= 0.3 is 0 Å². The van der Waals surface area contributed by atoms with Crippen LogP contribution in [-0.4, -0.2) is 20.7 Å². The quantitative estimate of drug-likeness (QED) is 0.534. The number of amides is 1. The van der Waals surface area contributed by atoms with Gasteiger partial charge in [0.05, 0.1) is 22.3 Å². The summed E-state index contributed by atoms with van der Waals surface area (Å²) in [6, 6.07) is 13.7. The summed E-state index contributed by atoms with van der Waals surface area (Å²) in [7, 11) is 0. The van der Waals surface area contributed by atoms with E-state index in [-0.39, 0.29) is 11.7 Å². The van der Waals surface area contributed by atoms with Crippen molar-refractivity contribution in [3.05, 3.63) is 82.4 Å². The highest BCUT2D eigenvalue weighted by molar-refractivity contribution is 6.12. The summed E-state index contributed by atoms with van der Waals surface area (Å²) in [6.07, 6.45) is 0. The topological polar surface area (TPSA) is 59.8 Å². The fourth-order valence-corrected chi connectivity index (χ4v) is 3.40. The normalized spacial score (nSPS) is 11.1. The number of carbonyl (C=O) groups is 1. The maximum atomic E-state index is 13.7. The minimum Gasteiger partial charge on any atom is -0.322 e. The van der Waals surface area contributed by atoms with Crippen LogP contribution >= 0.6 is 0 Å². The summed E-state index contributed by atoms with van der Waals surface area (Å²) in [4.78, 5) is 17.7. The molecule has 2 aromatic heterocycles. The van der Waals surface area contributed by atoms with Gasteiger partial charge in [0.25, 0.3) is 5.91 Å². The van der Waals surface area contributed by atoms with E-state index >= 15 is 0 Å². The lowest BCUT2D eigenvalue weighted by atomic mass is 10.1. The zero-order valence-electron chi connectivity index (χ0n) is 16.7. The Labute approximate surface area is 168 Å². The van der Waals surface area contributed by atoms with Gasteiger partial charge < -0.3 is 5.32 Å². The van der Waals surface area contributed by atoms with Gasteiger partial charge in [-0.1, -0.05) is 12.1 Å². The Morgan fingerprint density at radius 1 is 1.00 bits per heavy atom. The van der Waals surface area contributed by atoms with E-state index in [1.165, 1.54) is 12.1 Å². The third kappa shape index (κ3) is 3.49. The van der Waals surface area contributed by atoms with E-state index in [9.17, 15) is 9.18 Å². The minimum atomic E-state index is -0.357. The molecule has 0 aliphatic rings. The summed E-state index contributed by atoms with van der Waals surface area (Å²) in [5, 5.41) is 8.15. The van der Waals surface area contributed by atoms with Crippen molar-refractivity contribution in [3.63, 3.8) is 0 Å². The molecule has 0 spiro atoms. The van der Waals surface area contributed by atoms with Gasteiger partial charge in [0.15, 0.2) is 5.65 Å². The zero-order chi connectivity index (χ0) is 20.7. The molecule has 2 heterocycles. The molecular weight excluding hydrogens is 367 g/mol. The van der Waals surface area contributed by atoms with Crippen molar-refractivity contribution in [1.82, 2.24) is 14.8 Å². The molecule has 1 N–H and O–H groups in total. The lowest BCUT2D eigenvalue weighted by Crippen LogP contribution is -2.13. The molecule has 0 aliphatic heterocycles. The Hall–Kier alpha value is -3.54. The van der Waals surface area contributed by atoms with Crippen LogP contribution in [0.4, 0.5) is 10.1 Å². The summed E-state index contributed by atoms with van der Waals surface area (Å²) in [5.41, 5.74) is 5.91. The van der Waals surface area contributed by atoms with Crippen molar-refractivity contribution in [1.29, 1.82) is 0 Å². The maximum Gasteiger partial charge on any atom is 0.256 e. The Bertz CT molecular complexity index is 1260. The Morgan fingerprint density at radius 3 is 2.52 bits per heavy atom. The number of benzene rings is 2. The van der Waals surface area contributed by atoms with Crippen molar-refractivity contribution in [2.45, 2.75) is 27.7 Å². The molecule has 0 fully saturated rings. The van der Waals surface area contributed by atoms with Crippen molar-refractivity contribution < 1.29 is 9.18 Å². The van der Waals surface area contributed by atoms with E-state index in [4.69, 9.17) is 0 Å². The highest BCUT2D eigenvalue weighted by atomic mass is 19.1. The number of aromatic nitrogens is 3. The van der Waals surface area contributed by atoms with Crippen LogP contribution in [0, 0.1) is 33.5 Å². The minimum absolute atomic E-state index is 0.231. The number of anilines is 1. The van der Waals surface area contributed by atoms with E-state index in [2.05, 4.69) is 15.4 Å².